The maximum absolute atomic E-state index is 5.52. The van der Waals surface area contributed by atoms with Gasteiger partial charge in [-0.3, -0.25) is 0 Å². The minimum Gasteiger partial charge on any atom is -0.378 e. The number of hydrogen-bond acceptors (Lipinski definition) is 8. The SMILES string of the molecule is CN(C)CCCCC(c1nccs1)C1CCCN(c2ncnc3cc(N4CCOCC4)ccc23)C1. The molecular weight excluding hydrogens is 456 g/mol. The molecule has 0 amide bonds. The topological polar surface area (TPSA) is 57.6 Å². The Labute approximate surface area is 213 Å². The second kappa shape index (κ2) is 11.6. The molecular formula is C27H38N6OS. The molecule has 2 aromatic heterocycles. The number of rotatable bonds is 9. The monoisotopic (exact) mass is 494 g/mol. The molecule has 4 heterocycles. The van der Waals surface area contributed by atoms with Crippen molar-refractivity contribution < 1.29 is 4.74 Å². The number of thiazole rings is 1. The van der Waals surface area contributed by atoms with Crippen LogP contribution in [0.4, 0.5) is 11.5 Å². The van der Waals surface area contributed by atoms with E-state index >= 15 is 0 Å². The third-order valence-corrected chi connectivity index (χ3v) is 8.35. The van der Waals surface area contributed by atoms with Gasteiger partial charge in [-0.2, -0.15) is 0 Å². The van der Waals surface area contributed by atoms with E-state index in [1.165, 1.54) is 42.8 Å². The van der Waals surface area contributed by atoms with Crippen molar-refractivity contribution in [3.8, 4) is 0 Å². The van der Waals surface area contributed by atoms with E-state index in [-0.39, 0.29) is 0 Å². The van der Waals surface area contributed by atoms with Crippen LogP contribution < -0.4 is 9.80 Å². The number of morpholine rings is 1. The van der Waals surface area contributed by atoms with Gasteiger partial charge >= 0.3 is 0 Å². The van der Waals surface area contributed by atoms with Gasteiger partial charge < -0.3 is 19.4 Å². The van der Waals surface area contributed by atoms with E-state index in [0.717, 1.165) is 62.7 Å². The molecule has 0 bridgehead atoms. The fraction of sp³-hybridized carbons (Fsp3) is 0.593. The van der Waals surface area contributed by atoms with E-state index in [1.54, 1.807) is 6.33 Å². The highest BCUT2D eigenvalue weighted by Gasteiger charge is 2.31. The second-order valence-corrected chi connectivity index (χ2v) is 11.0. The van der Waals surface area contributed by atoms with Crippen molar-refractivity contribution in [3.63, 3.8) is 0 Å². The molecule has 2 aliphatic heterocycles. The first-order chi connectivity index (χ1) is 17.2. The molecule has 7 nitrogen and oxygen atoms in total. The average Bonchev–Trinajstić information content (AvgIpc) is 3.43. The third kappa shape index (κ3) is 5.93. The normalized spacial score (nSPS) is 20.0. The van der Waals surface area contributed by atoms with Crippen LogP contribution in [0.15, 0.2) is 36.1 Å². The molecule has 2 unspecified atom stereocenters. The Morgan fingerprint density at radius 1 is 1.09 bits per heavy atom. The van der Waals surface area contributed by atoms with E-state index in [0.29, 0.717) is 11.8 Å². The predicted octanol–water partition coefficient (Wildman–Crippen LogP) is 4.66. The summed E-state index contributed by atoms with van der Waals surface area (Å²) < 4.78 is 5.52. The Kier molecular flexibility index (Phi) is 8.11. The van der Waals surface area contributed by atoms with Crippen molar-refractivity contribution in [2.45, 2.75) is 38.0 Å². The summed E-state index contributed by atoms with van der Waals surface area (Å²) in [6, 6.07) is 6.67. The summed E-state index contributed by atoms with van der Waals surface area (Å²) in [6.45, 7) is 6.69. The van der Waals surface area contributed by atoms with E-state index in [4.69, 9.17) is 14.7 Å². The van der Waals surface area contributed by atoms with Crippen molar-refractivity contribution in [1.29, 1.82) is 0 Å². The Balaban J connectivity index is 1.33. The molecule has 188 valence electrons. The van der Waals surface area contributed by atoms with Crippen LogP contribution in [-0.4, -0.2) is 79.9 Å². The lowest BCUT2D eigenvalue weighted by Gasteiger charge is -2.37. The standard InChI is InChI=1S/C27H38N6OS/c1-31(2)11-4-3-7-23(27-28-10-17-35-27)21-6-5-12-33(19-21)26-24-9-8-22(18-25(24)29-20-30-26)32-13-15-34-16-14-32/h8-10,17-18,20-21,23H,3-7,11-16,19H2,1-2H3. The maximum atomic E-state index is 5.52. The fourth-order valence-electron chi connectivity index (χ4n) is 5.60. The summed E-state index contributed by atoms with van der Waals surface area (Å²) in [6.07, 6.45) is 9.88. The molecule has 0 radical (unpaired) electrons. The first-order valence-electron chi connectivity index (χ1n) is 13.1. The molecule has 2 fully saturated rings. The van der Waals surface area contributed by atoms with Crippen molar-refractivity contribution >= 4 is 33.7 Å². The first kappa shape index (κ1) is 24.4. The number of ether oxygens (including phenoxy) is 1. The van der Waals surface area contributed by atoms with E-state index in [9.17, 15) is 0 Å². The molecule has 0 aliphatic carbocycles. The largest absolute Gasteiger partial charge is 0.378 e. The maximum Gasteiger partial charge on any atom is 0.139 e. The van der Waals surface area contributed by atoms with Crippen molar-refractivity contribution in [3.05, 3.63) is 41.1 Å². The number of piperidine rings is 1. The lowest BCUT2D eigenvalue weighted by atomic mass is 9.82. The zero-order valence-corrected chi connectivity index (χ0v) is 21.9. The molecule has 1 aromatic carbocycles. The minimum atomic E-state index is 0.529. The number of nitrogens with zero attached hydrogens (tertiary/aromatic N) is 6. The van der Waals surface area contributed by atoms with Crippen LogP contribution >= 0.6 is 11.3 Å². The minimum absolute atomic E-state index is 0.529. The highest BCUT2D eigenvalue weighted by molar-refractivity contribution is 7.09. The zero-order valence-electron chi connectivity index (χ0n) is 21.1. The van der Waals surface area contributed by atoms with E-state index < -0.39 is 0 Å². The Hall–Kier alpha value is -2.29. The van der Waals surface area contributed by atoms with Gasteiger partial charge in [0.15, 0.2) is 0 Å². The van der Waals surface area contributed by atoms with Gasteiger partial charge in [0.1, 0.15) is 12.1 Å². The summed E-state index contributed by atoms with van der Waals surface area (Å²) in [5.74, 6) is 2.21. The number of aromatic nitrogens is 3. The van der Waals surface area contributed by atoms with E-state index in [2.05, 4.69) is 57.4 Å². The summed E-state index contributed by atoms with van der Waals surface area (Å²) in [5, 5.41) is 4.60. The first-order valence-corrected chi connectivity index (χ1v) is 13.9. The Morgan fingerprint density at radius 3 is 2.77 bits per heavy atom. The van der Waals surface area contributed by atoms with Crippen LogP contribution in [0.1, 0.15) is 43.0 Å². The van der Waals surface area contributed by atoms with Crippen molar-refractivity contribution in [1.82, 2.24) is 19.9 Å². The summed E-state index contributed by atoms with van der Waals surface area (Å²) in [4.78, 5) is 21.4. The molecule has 5 rings (SSSR count). The lowest BCUT2D eigenvalue weighted by molar-refractivity contribution is 0.122. The molecule has 2 aliphatic rings. The molecule has 3 aromatic rings. The average molecular weight is 495 g/mol. The Morgan fingerprint density at radius 2 is 1.97 bits per heavy atom. The summed E-state index contributed by atoms with van der Waals surface area (Å²) >= 11 is 1.82. The molecule has 0 saturated carbocycles. The molecule has 0 spiro atoms. The number of unbranched alkanes of at least 4 members (excludes halogenated alkanes) is 1. The summed E-state index contributed by atoms with van der Waals surface area (Å²) in [5.41, 5.74) is 2.25. The lowest BCUT2D eigenvalue weighted by Crippen LogP contribution is -2.38. The van der Waals surface area contributed by atoms with Crippen LogP contribution in [0.5, 0.6) is 0 Å². The van der Waals surface area contributed by atoms with Gasteiger partial charge in [0, 0.05) is 54.7 Å². The molecule has 35 heavy (non-hydrogen) atoms. The van der Waals surface area contributed by atoms with Gasteiger partial charge in [-0.15, -0.1) is 11.3 Å². The van der Waals surface area contributed by atoms with Crippen LogP contribution in [-0.2, 0) is 4.74 Å². The molecule has 2 saturated heterocycles. The predicted molar refractivity (Wildman–Crippen MR) is 145 cm³/mol. The molecule has 0 N–H and O–H groups in total. The number of anilines is 2. The highest BCUT2D eigenvalue weighted by Crippen LogP contribution is 2.38. The van der Waals surface area contributed by atoms with Gasteiger partial charge in [0.2, 0.25) is 0 Å². The van der Waals surface area contributed by atoms with Gasteiger partial charge in [-0.1, -0.05) is 6.42 Å². The molecule has 2 atom stereocenters. The van der Waals surface area contributed by atoms with Crippen molar-refractivity contribution in [2.24, 2.45) is 5.92 Å². The second-order valence-electron chi connectivity index (χ2n) is 10.1. The third-order valence-electron chi connectivity index (χ3n) is 7.44. The van der Waals surface area contributed by atoms with Gasteiger partial charge in [-0.25, -0.2) is 15.0 Å². The van der Waals surface area contributed by atoms with Crippen LogP contribution in [0.2, 0.25) is 0 Å². The number of fused-ring (bicyclic) bond motifs is 1. The summed E-state index contributed by atoms with van der Waals surface area (Å²) in [7, 11) is 4.32. The quantitative estimate of drug-likeness (QED) is 0.401. The van der Waals surface area contributed by atoms with E-state index in [1.807, 2.05) is 17.5 Å². The van der Waals surface area contributed by atoms with Crippen LogP contribution in [0.3, 0.4) is 0 Å². The number of benzene rings is 1. The zero-order chi connectivity index (χ0) is 24.0. The van der Waals surface area contributed by atoms with Gasteiger partial charge in [-0.05, 0) is 70.4 Å². The number of hydrogen-bond donors (Lipinski definition) is 0. The van der Waals surface area contributed by atoms with Gasteiger partial charge in [0.05, 0.1) is 23.7 Å². The van der Waals surface area contributed by atoms with Gasteiger partial charge in [0.25, 0.3) is 0 Å². The Bertz CT molecular complexity index is 1070. The molecule has 8 heteroatoms. The smallest absolute Gasteiger partial charge is 0.139 e. The van der Waals surface area contributed by atoms with Crippen molar-refractivity contribution in [2.75, 3.05) is 69.8 Å². The van der Waals surface area contributed by atoms with Crippen LogP contribution in [0, 0.1) is 5.92 Å². The fourth-order valence-corrected chi connectivity index (χ4v) is 6.47. The van der Waals surface area contributed by atoms with Crippen LogP contribution in [0.25, 0.3) is 10.9 Å². The highest BCUT2D eigenvalue weighted by atomic mass is 32.1.